The maximum atomic E-state index is 12.0. The van der Waals surface area contributed by atoms with Crippen LogP contribution in [0, 0.1) is 5.92 Å². The summed E-state index contributed by atoms with van der Waals surface area (Å²) in [5, 5.41) is 3.07. The monoisotopic (exact) mass is 311 g/mol. The van der Waals surface area contributed by atoms with E-state index in [1.54, 1.807) is 32.3 Å². The molecule has 2 atom stereocenters. The molecular weight excluding hydrogens is 290 g/mol. The van der Waals surface area contributed by atoms with Crippen molar-refractivity contribution in [2.45, 2.75) is 26.3 Å². The van der Waals surface area contributed by atoms with Crippen molar-refractivity contribution in [1.29, 1.82) is 0 Å². The highest BCUT2D eigenvalue weighted by molar-refractivity contribution is 6.34. The Kier molecular flexibility index (Phi) is 6.18. The second-order valence-electron chi connectivity index (χ2n) is 5.29. The molecule has 0 aliphatic rings. The van der Waals surface area contributed by atoms with Gasteiger partial charge in [0.2, 0.25) is 5.91 Å². The fourth-order valence-electron chi connectivity index (χ4n) is 1.75. The quantitative estimate of drug-likeness (QED) is 0.876. The molecule has 1 rings (SSSR count). The van der Waals surface area contributed by atoms with Gasteiger partial charge in [0.05, 0.1) is 16.6 Å². The van der Waals surface area contributed by atoms with Crippen molar-refractivity contribution in [2.24, 2.45) is 11.7 Å². The lowest BCUT2D eigenvalue weighted by molar-refractivity contribution is -0.118. The Hall–Kier alpha value is -1.59. The number of nitrogens with zero attached hydrogens (tertiary/aromatic N) is 1. The third kappa shape index (κ3) is 4.44. The summed E-state index contributed by atoms with van der Waals surface area (Å²) in [6.45, 7) is 3.90. The molecule has 6 heteroatoms. The molecule has 0 aromatic heterocycles. The Labute approximate surface area is 130 Å². The molecule has 0 unspecified atom stereocenters. The van der Waals surface area contributed by atoms with Gasteiger partial charge in [-0.05, 0) is 24.1 Å². The molecule has 0 heterocycles. The van der Waals surface area contributed by atoms with Crippen LogP contribution in [-0.4, -0.2) is 36.9 Å². The molecule has 1 aromatic rings. The van der Waals surface area contributed by atoms with E-state index < -0.39 is 6.04 Å². The van der Waals surface area contributed by atoms with Gasteiger partial charge in [-0.25, -0.2) is 0 Å². The summed E-state index contributed by atoms with van der Waals surface area (Å²) in [5.74, 6) is -0.405. The average molecular weight is 312 g/mol. The van der Waals surface area contributed by atoms with Crippen molar-refractivity contribution in [3.8, 4) is 0 Å². The van der Waals surface area contributed by atoms with Gasteiger partial charge < -0.3 is 16.0 Å². The number of halogens is 1. The minimum atomic E-state index is -0.585. The van der Waals surface area contributed by atoms with E-state index >= 15 is 0 Å². The normalized spacial score (nSPS) is 13.4. The Balaban J connectivity index is 2.93. The molecule has 1 aromatic carbocycles. The van der Waals surface area contributed by atoms with E-state index in [0.29, 0.717) is 16.3 Å². The van der Waals surface area contributed by atoms with Gasteiger partial charge in [-0.1, -0.05) is 31.9 Å². The van der Waals surface area contributed by atoms with E-state index in [4.69, 9.17) is 17.3 Å². The smallest absolute Gasteiger partial charge is 0.254 e. The summed E-state index contributed by atoms with van der Waals surface area (Å²) in [5.41, 5.74) is 6.73. The van der Waals surface area contributed by atoms with Gasteiger partial charge in [0.25, 0.3) is 5.91 Å². The van der Waals surface area contributed by atoms with E-state index in [1.165, 1.54) is 4.90 Å². The molecule has 0 saturated carbocycles. The average Bonchev–Trinajstić information content (AvgIpc) is 2.46. The molecule has 5 nitrogen and oxygen atoms in total. The molecule has 0 aliphatic heterocycles. The third-order valence-corrected chi connectivity index (χ3v) is 3.76. The summed E-state index contributed by atoms with van der Waals surface area (Å²) >= 11 is 6.02. The van der Waals surface area contributed by atoms with Crippen molar-refractivity contribution in [3.63, 3.8) is 0 Å². The first kappa shape index (κ1) is 17.5. The lowest BCUT2D eigenvalue weighted by atomic mass is 9.99. The Morgan fingerprint density at radius 1 is 1.38 bits per heavy atom. The predicted molar refractivity (Wildman–Crippen MR) is 85.5 cm³/mol. The fraction of sp³-hybridized carbons (Fsp3) is 0.467. The molecule has 116 valence electrons. The summed E-state index contributed by atoms with van der Waals surface area (Å²) in [7, 11) is 3.28. The molecule has 0 spiro atoms. The zero-order chi connectivity index (χ0) is 16.2. The van der Waals surface area contributed by atoms with Gasteiger partial charge in [-0.3, -0.25) is 9.59 Å². The van der Waals surface area contributed by atoms with Crippen LogP contribution in [0.25, 0.3) is 0 Å². The van der Waals surface area contributed by atoms with Crippen molar-refractivity contribution < 1.29 is 9.59 Å². The van der Waals surface area contributed by atoms with Gasteiger partial charge in [-0.2, -0.15) is 0 Å². The second kappa shape index (κ2) is 7.43. The van der Waals surface area contributed by atoms with E-state index in [-0.39, 0.29) is 17.7 Å². The summed E-state index contributed by atoms with van der Waals surface area (Å²) in [6.07, 6.45) is 0.819. The first-order valence-electron chi connectivity index (χ1n) is 6.85. The number of hydrogen-bond acceptors (Lipinski definition) is 3. The Morgan fingerprint density at radius 2 is 2.00 bits per heavy atom. The summed E-state index contributed by atoms with van der Waals surface area (Å²) in [6, 6.07) is 4.21. The second-order valence-corrected chi connectivity index (χ2v) is 5.70. The minimum Gasteiger partial charge on any atom is -0.345 e. The SMILES string of the molecule is CC[C@H](C)[C@H](N)C(=O)Nc1ccc(Cl)c(C(=O)N(C)C)c1. The first-order valence-corrected chi connectivity index (χ1v) is 7.23. The zero-order valence-corrected chi connectivity index (χ0v) is 13.6. The van der Waals surface area contributed by atoms with Gasteiger partial charge >= 0.3 is 0 Å². The number of benzene rings is 1. The van der Waals surface area contributed by atoms with E-state index in [9.17, 15) is 9.59 Å². The number of anilines is 1. The molecule has 0 radical (unpaired) electrons. The number of hydrogen-bond donors (Lipinski definition) is 2. The van der Waals surface area contributed by atoms with E-state index in [2.05, 4.69) is 5.32 Å². The number of nitrogens with one attached hydrogen (secondary N) is 1. The van der Waals surface area contributed by atoms with Crippen LogP contribution >= 0.6 is 11.6 Å². The maximum absolute atomic E-state index is 12.0. The minimum absolute atomic E-state index is 0.0835. The molecular formula is C15H22ClN3O2. The lowest BCUT2D eigenvalue weighted by Crippen LogP contribution is -2.40. The van der Waals surface area contributed by atoms with Crippen LogP contribution in [0.15, 0.2) is 18.2 Å². The maximum Gasteiger partial charge on any atom is 0.254 e. The summed E-state index contributed by atoms with van der Waals surface area (Å²) < 4.78 is 0. The number of carbonyl (C=O) groups excluding carboxylic acids is 2. The van der Waals surface area contributed by atoms with Crippen LogP contribution in [0.3, 0.4) is 0 Å². The van der Waals surface area contributed by atoms with Crippen molar-refractivity contribution >= 4 is 29.1 Å². The highest BCUT2D eigenvalue weighted by atomic mass is 35.5. The molecule has 0 saturated heterocycles. The number of rotatable bonds is 5. The molecule has 3 N–H and O–H groups in total. The topological polar surface area (TPSA) is 75.4 Å². The Morgan fingerprint density at radius 3 is 2.52 bits per heavy atom. The number of amides is 2. The molecule has 0 fully saturated rings. The van der Waals surface area contributed by atoms with Gasteiger partial charge in [0, 0.05) is 19.8 Å². The van der Waals surface area contributed by atoms with Crippen molar-refractivity contribution in [1.82, 2.24) is 4.90 Å². The van der Waals surface area contributed by atoms with Crippen LogP contribution in [0.5, 0.6) is 0 Å². The number of nitrogens with two attached hydrogens (primary N) is 1. The lowest BCUT2D eigenvalue weighted by Gasteiger charge is -2.18. The number of carbonyl (C=O) groups is 2. The van der Waals surface area contributed by atoms with E-state index in [0.717, 1.165) is 6.42 Å². The van der Waals surface area contributed by atoms with Gasteiger partial charge in [-0.15, -0.1) is 0 Å². The van der Waals surface area contributed by atoms with Gasteiger partial charge in [0.15, 0.2) is 0 Å². The van der Waals surface area contributed by atoms with Crippen molar-refractivity contribution in [2.75, 3.05) is 19.4 Å². The van der Waals surface area contributed by atoms with Crippen LogP contribution in [-0.2, 0) is 4.79 Å². The van der Waals surface area contributed by atoms with Crippen LogP contribution in [0.2, 0.25) is 5.02 Å². The Bertz CT molecular complexity index is 532. The largest absolute Gasteiger partial charge is 0.345 e. The summed E-state index contributed by atoms with van der Waals surface area (Å²) in [4.78, 5) is 25.5. The predicted octanol–water partition coefficient (Wildman–Crippen LogP) is 2.35. The molecule has 0 bridgehead atoms. The van der Waals surface area contributed by atoms with Crippen LogP contribution in [0.1, 0.15) is 30.6 Å². The van der Waals surface area contributed by atoms with Crippen LogP contribution in [0.4, 0.5) is 5.69 Å². The standard InChI is InChI=1S/C15H22ClN3O2/c1-5-9(2)13(17)14(20)18-10-6-7-12(16)11(8-10)15(21)19(3)4/h6-9,13H,5,17H2,1-4H3,(H,18,20)/t9-,13-/m0/s1. The third-order valence-electron chi connectivity index (χ3n) is 3.43. The molecule has 21 heavy (non-hydrogen) atoms. The van der Waals surface area contributed by atoms with E-state index in [1.807, 2.05) is 13.8 Å². The fourth-order valence-corrected chi connectivity index (χ4v) is 1.94. The molecule has 0 aliphatic carbocycles. The van der Waals surface area contributed by atoms with Crippen LogP contribution < -0.4 is 11.1 Å². The van der Waals surface area contributed by atoms with Crippen molar-refractivity contribution in [3.05, 3.63) is 28.8 Å². The zero-order valence-electron chi connectivity index (χ0n) is 12.8. The highest BCUT2D eigenvalue weighted by Crippen LogP contribution is 2.22. The molecule has 2 amide bonds. The van der Waals surface area contributed by atoms with Gasteiger partial charge in [0.1, 0.15) is 0 Å². The highest BCUT2D eigenvalue weighted by Gasteiger charge is 2.20. The first-order chi connectivity index (χ1) is 9.77.